The van der Waals surface area contributed by atoms with Gasteiger partial charge in [-0.25, -0.2) is 4.79 Å². The van der Waals surface area contributed by atoms with Gasteiger partial charge >= 0.3 is 5.97 Å². The molecule has 17 heavy (non-hydrogen) atoms. The number of ketones is 1. The van der Waals surface area contributed by atoms with Crippen LogP contribution < -0.4 is 4.74 Å². The molecule has 0 spiro atoms. The van der Waals surface area contributed by atoms with Crippen LogP contribution in [0.4, 0.5) is 0 Å². The number of rotatable bonds is 4. The van der Waals surface area contributed by atoms with E-state index in [4.69, 9.17) is 4.74 Å². The second-order valence-electron chi connectivity index (χ2n) is 3.69. The number of ether oxygens (including phenoxy) is 2. The third-order valence-electron chi connectivity index (χ3n) is 2.45. The summed E-state index contributed by atoms with van der Waals surface area (Å²) in [6.07, 6.45) is 0. The van der Waals surface area contributed by atoms with Gasteiger partial charge in [-0.05, 0) is 44.0 Å². The SMILES string of the molecule is CCOC(=O)C(=O)c1cc(C)c(OC)cc1C. The topological polar surface area (TPSA) is 52.6 Å². The van der Waals surface area contributed by atoms with Crippen LogP contribution in [0, 0.1) is 13.8 Å². The number of hydrogen-bond donors (Lipinski definition) is 0. The molecule has 0 amide bonds. The highest BCUT2D eigenvalue weighted by Gasteiger charge is 2.20. The maximum Gasteiger partial charge on any atom is 0.379 e. The zero-order chi connectivity index (χ0) is 13.0. The van der Waals surface area contributed by atoms with Crippen LogP contribution in [0.5, 0.6) is 5.75 Å². The Bertz CT molecular complexity index is 449. The molecule has 0 saturated carbocycles. The van der Waals surface area contributed by atoms with E-state index in [1.807, 2.05) is 6.92 Å². The first-order chi connectivity index (χ1) is 8.01. The monoisotopic (exact) mass is 236 g/mol. The highest BCUT2D eigenvalue weighted by molar-refractivity contribution is 6.41. The summed E-state index contributed by atoms with van der Waals surface area (Å²) >= 11 is 0. The fourth-order valence-corrected chi connectivity index (χ4v) is 1.56. The summed E-state index contributed by atoms with van der Waals surface area (Å²) in [5.74, 6) is -0.738. The van der Waals surface area contributed by atoms with Crippen LogP contribution in [0.15, 0.2) is 12.1 Å². The van der Waals surface area contributed by atoms with Gasteiger partial charge in [0.1, 0.15) is 5.75 Å². The van der Waals surface area contributed by atoms with Crippen molar-refractivity contribution < 1.29 is 19.1 Å². The highest BCUT2D eigenvalue weighted by Crippen LogP contribution is 2.23. The summed E-state index contributed by atoms with van der Waals surface area (Å²) in [4.78, 5) is 23.2. The van der Waals surface area contributed by atoms with E-state index in [2.05, 4.69) is 4.74 Å². The first-order valence-corrected chi connectivity index (χ1v) is 5.38. The predicted octanol–water partition coefficient (Wildman–Crippen LogP) is 2.06. The van der Waals surface area contributed by atoms with E-state index < -0.39 is 11.8 Å². The van der Waals surface area contributed by atoms with E-state index in [-0.39, 0.29) is 6.61 Å². The third kappa shape index (κ3) is 2.84. The van der Waals surface area contributed by atoms with Gasteiger partial charge in [0, 0.05) is 5.56 Å². The summed E-state index contributed by atoms with van der Waals surface area (Å²) in [7, 11) is 1.56. The van der Waals surface area contributed by atoms with Crippen molar-refractivity contribution in [3.05, 3.63) is 28.8 Å². The van der Waals surface area contributed by atoms with Crippen molar-refractivity contribution in [2.24, 2.45) is 0 Å². The number of benzene rings is 1. The summed E-state index contributed by atoms with van der Waals surface area (Å²) in [6, 6.07) is 3.38. The lowest BCUT2D eigenvalue weighted by molar-refractivity contribution is -0.137. The van der Waals surface area contributed by atoms with E-state index in [0.717, 1.165) is 5.56 Å². The van der Waals surface area contributed by atoms with Crippen molar-refractivity contribution in [2.45, 2.75) is 20.8 Å². The fraction of sp³-hybridized carbons (Fsp3) is 0.385. The molecule has 0 radical (unpaired) electrons. The summed E-state index contributed by atoms with van der Waals surface area (Å²) in [5, 5.41) is 0. The molecule has 1 aromatic carbocycles. The largest absolute Gasteiger partial charge is 0.496 e. The van der Waals surface area contributed by atoms with Crippen LogP contribution in [0.2, 0.25) is 0 Å². The van der Waals surface area contributed by atoms with Crippen molar-refractivity contribution in [3.8, 4) is 5.75 Å². The van der Waals surface area contributed by atoms with Crippen LogP contribution in [0.3, 0.4) is 0 Å². The molecule has 1 aromatic rings. The van der Waals surface area contributed by atoms with Crippen molar-refractivity contribution in [3.63, 3.8) is 0 Å². The van der Waals surface area contributed by atoms with E-state index >= 15 is 0 Å². The molecule has 0 atom stereocenters. The Labute approximate surface area is 101 Å². The minimum Gasteiger partial charge on any atom is -0.496 e. The zero-order valence-corrected chi connectivity index (χ0v) is 10.5. The van der Waals surface area contributed by atoms with E-state index in [1.54, 1.807) is 33.1 Å². The van der Waals surface area contributed by atoms with Gasteiger partial charge in [-0.15, -0.1) is 0 Å². The maximum atomic E-state index is 11.8. The average Bonchev–Trinajstić information content (AvgIpc) is 2.31. The number of hydrogen-bond acceptors (Lipinski definition) is 4. The van der Waals surface area contributed by atoms with Crippen LogP contribution in [-0.4, -0.2) is 25.5 Å². The Morgan fingerprint density at radius 2 is 1.82 bits per heavy atom. The van der Waals surface area contributed by atoms with Gasteiger partial charge in [-0.2, -0.15) is 0 Å². The van der Waals surface area contributed by atoms with Gasteiger partial charge < -0.3 is 9.47 Å². The lowest BCUT2D eigenvalue weighted by Gasteiger charge is -2.09. The average molecular weight is 236 g/mol. The summed E-state index contributed by atoms with van der Waals surface area (Å²) < 4.78 is 9.83. The molecule has 0 aliphatic rings. The number of methoxy groups -OCH3 is 1. The number of esters is 1. The lowest BCUT2D eigenvalue weighted by Crippen LogP contribution is -2.18. The number of carbonyl (C=O) groups is 2. The molecule has 0 aliphatic heterocycles. The minimum atomic E-state index is -0.819. The number of aryl methyl sites for hydroxylation is 2. The van der Waals surface area contributed by atoms with Crippen molar-refractivity contribution in [2.75, 3.05) is 13.7 Å². The molecule has 0 aliphatic carbocycles. The smallest absolute Gasteiger partial charge is 0.379 e. The molecular weight excluding hydrogens is 220 g/mol. The van der Waals surface area contributed by atoms with E-state index in [0.29, 0.717) is 16.9 Å². The Balaban J connectivity index is 3.11. The van der Waals surface area contributed by atoms with Gasteiger partial charge in [0.2, 0.25) is 0 Å². The second kappa shape index (κ2) is 5.48. The van der Waals surface area contributed by atoms with Crippen LogP contribution in [0.1, 0.15) is 28.4 Å². The minimum absolute atomic E-state index is 0.193. The van der Waals surface area contributed by atoms with Crippen molar-refractivity contribution in [1.29, 1.82) is 0 Å². The maximum absolute atomic E-state index is 11.8. The molecule has 0 unspecified atom stereocenters. The summed E-state index contributed by atoms with van der Waals surface area (Å²) in [5.41, 5.74) is 1.87. The molecule has 1 rings (SSSR count). The Kier molecular flexibility index (Phi) is 4.26. The van der Waals surface area contributed by atoms with Crippen molar-refractivity contribution in [1.82, 2.24) is 0 Å². The van der Waals surface area contributed by atoms with Crippen LogP contribution >= 0.6 is 0 Å². The van der Waals surface area contributed by atoms with Crippen molar-refractivity contribution >= 4 is 11.8 Å². The Hall–Kier alpha value is -1.84. The van der Waals surface area contributed by atoms with E-state index in [9.17, 15) is 9.59 Å². The standard InChI is InChI=1S/C13H16O4/c1-5-17-13(15)12(14)10-6-9(3)11(16-4)7-8(10)2/h6-7H,5H2,1-4H3. The zero-order valence-electron chi connectivity index (χ0n) is 10.5. The van der Waals surface area contributed by atoms with Gasteiger partial charge in [0.25, 0.3) is 5.78 Å². The van der Waals surface area contributed by atoms with Gasteiger partial charge in [-0.3, -0.25) is 4.79 Å². The molecule has 92 valence electrons. The Morgan fingerprint density at radius 3 is 2.35 bits per heavy atom. The molecule has 0 N–H and O–H groups in total. The van der Waals surface area contributed by atoms with E-state index in [1.165, 1.54) is 0 Å². The first kappa shape index (κ1) is 13.2. The predicted molar refractivity (Wildman–Crippen MR) is 63.4 cm³/mol. The van der Waals surface area contributed by atoms with Gasteiger partial charge in [0.15, 0.2) is 0 Å². The Morgan fingerprint density at radius 1 is 1.18 bits per heavy atom. The van der Waals surface area contributed by atoms with Crippen LogP contribution in [0.25, 0.3) is 0 Å². The quantitative estimate of drug-likeness (QED) is 0.456. The third-order valence-corrected chi connectivity index (χ3v) is 2.45. The van der Waals surface area contributed by atoms with Gasteiger partial charge in [-0.1, -0.05) is 0 Å². The molecule has 0 bridgehead atoms. The fourth-order valence-electron chi connectivity index (χ4n) is 1.56. The molecule has 4 heteroatoms. The molecule has 0 saturated heterocycles. The van der Waals surface area contributed by atoms with Gasteiger partial charge in [0.05, 0.1) is 13.7 Å². The number of Topliss-reactive ketones (excluding diaryl/α,β-unsaturated/α-hetero) is 1. The van der Waals surface area contributed by atoms with Crippen LogP contribution in [-0.2, 0) is 9.53 Å². The second-order valence-corrected chi connectivity index (χ2v) is 3.69. The first-order valence-electron chi connectivity index (χ1n) is 5.38. The normalized spacial score (nSPS) is 9.88. The molecule has 4 nitrogen and oxygen atoms in total. The highest BCUT2D eigenvalue weighted by atomic mass is 16.5. The summed E-state index contributed by atoms with van der Waals surface area (Å²) in [6.45, 7) is 5.44. The molecule has 0 fully saturated rings. The lowest BCUT2D eigenvalue weighted by atomic mass is 10.0. The molecular formula is C13H16O4. The molecule has 0 aromatic heterocycles. The molecule has 0 heterocycles. The number of carbonyl (C=O) groups excluding carboxylic acids is 2.